The van der Waals surface area contributed by atoms with Crippen LogP contribution < -0.4 is 9.62 Å². The minimum atomic E-state index is -4.09. The van der Waals surface area contributed by atoms with Crippen molar-refractivity contribution in [2.45, 2.75) is 17.7 Å². The van der Waals surface area contributed by atoms with Crippen LogP contribution in [0, 0.1) is 17.5 Å². The maximum atomic E-state index is 14.4. The molecule has 166 valence electrons. The average Bonchev–Trinajstić information content (AvgIpc) is 2.75. The van der Waals surface area contributed by atoms with Crippen molar-refractivity contribution in [3.63, 3.8) is 0 Å². The normalized spacial score (nSPS) is 13.6. The highest BCUT2D eigenvalue weighted by molar-refractivity contribution is 9.10. The quantitative estimate of drug-likeness (QED) is 0.506. The molecule has 1 amide bonds. The van der Waals surface area contributed by atoms with Gasteiger partial charge in [0.15, 0.2) is 5.82 Å². The third-order valence-corrected chi connectivity index (χ3v) is 7.52. The van der Waals surface area contributed by atoms with Crippen LogP contribution in [0.2, 0.25) is 0 Å². The van der Waals surface area contributed by atoms with E-state index in [-0.39, 0.29) is 15.9 Å². The van der Waals surface area contributed by atoms with E-state index in [2.05, 4.69) is 21.2 Å². The first-order valence-electron chi connectivity index (χ1n) is 9.54. The molecular formula is C22H16BrF3N2O3S. The molecule has 32 heavy (non-hydrogen) atoms. The van der Waals surface area contributed by atoms with Crippen molar-refractivity contribution in [3.05, 3.63) is 87.6 Å². The van der Waals surface area contributed by atoms with Crippen LogP contribution in [-0.2, 0) is 16.4 Å². The summed E-state index contributed by atoms with van der Waals surface area (Å²) in [6.07, 6.45) is 1.35. The molecule has 5 nitrogen and oxygen atoms in total. The Kier molecular flexibility index (Phi) is 6.00. The van der Waals surface area contributed by atoms with Crippen molar-refractivity contribution in [3.8, 4) is 0 Å². The Bertz CT molecular complexity index is 1310. The molecule has 0 bridgehead atoms. The Morgan fingerprint density at radius 2 is 1.75 bits per heavy atom. The van der Waals surface area contributed by atoms with Gasteiger partial charge in [0.05, 0.1) is 21.8 Å². The molecule has 0 saturated carbocycles. The summed E-state index contributed by atoms with van der Waals surface area (Å²) in [6, 6.07) is 11.4. The number of nitrogens with zero attached hydrogens (tertiary/aromatic N) is 1. The Labute approximate surface area is 191 Å². The second-order valence-electron chi connectivity index (χ2n) is 7.15. The fourth-order valence-electron chi connectivity index (χ4n) is 3.56. The van der Waals surface area contributed by atoms with E-state index in [1.807, 2.05) is 12.1 Å². The van der Waals surface area contributed by atoms with Gasteiger partial charge in [0.1, 0.15) is 11.6 Å². The SMILES string of the molecule is O=C(Nc1c(F)cc(F)cc1Br)c1cc(S(=O)(=O)N2CCCc3ccccc32)ccc1F. The molecule has 10 heteroatoms. The molecule has 0 aromatic heterocycles. The largest absolute Gasteiger partial charge is 0.318 e. The predicted octanol–water partition coefficient (Wildman–Crippen LogP) is 5.26. The maximum Gasteiger partial charge on any atom is 0.264 e. The van der Waals surface area contributed by atoms with Gasteiger partial charge in [-0.2, -0.15) is 0 Å². The number of benzene rings is 3. The number of nitrogens with one attached hydrogen (secondary N) is 1. The molecule has 0 spiro atoms. The summed E-state index contributed by atoms with van der Waals surface area (Å²) in [4.78, 5) is 12.4. The minimum Gasteiger partial charge on any atom is -0.318 e. The summed E-state index contributed by atoms with van der Waals surface area (Å²) in [5.41, 5.74) is 0.423. The van der Waals surface area contributed by atoms with Gasteiger partial charge < -0.3 is 5.32 Å². The zero-order chi connectivity index (χ0) is 23.0. The molecule has 0 unspecified atom stereocenters. The van der Waals surface area contributed by atoms with Crippen LogP contribution >= 0.6 is 15.9 Å². The van der Waals surface area contributed by atoms with Gasteiger partial charge in [-0.15, -0.1) is 0 Å². The maximum absolute atomic E-state index is 14.4. The first-order chi connectivity index (χ1) is 15.2. The van der Waals surface area contributed by atoms with Crippen LogP contribution in [0.15, 0.2) is 64.0 Å². The molecule has 1 aliphatic rings. The number of aryl methyl sites for hydroxylation is 1. The Hall–Kier alpha value is -2.85. The van der Waals surface area contributed by atoms with E-state index in [4.69, 9.17) is 0 Å². The molecule has 1 N–H and O–H groups in total. The van der Waals surface area contributed by atoms with Gasteiger partial charge in [0.25, 0.3) is 15.9 Å². The van der Waals surface area contributed by atoms with Crippen molar-refractivity contribution in [2.24, 2.45) is 0 Å². The number of anilines is 2. The molecule has 1 heterocycles. The van der Waals surface area contributed by atoms with Gasteiger partial charge in [-0.25, -0.2) is 21.6 Å². The van der Waals surface area contributed by atoms with E-state index >= 15 is 0 Å². The fourth-order valence-corrected chi connectivity index (χ4v) is 5.63. The lowest BCUT2D eigenvalue weighted by Crippen LogP contribution is -2.35. The first kappa shape index (κ1) is 22.3. The zero-order valence-corrected chi connectivity index (χ0v) is 18.8. The van der Waals surface area contributed by atoms with Crippen molar-refractivity contribution in [1.29, 1.82) is 0 Å². The zero-order valence-electron chi connectivity index (χ0n) is 16.4. The van der Waals surface area contributed by atoms with E-state index in [9.17, 15) is 26.4 Å². The topological polar surface area (TPSA) is 66.5 Å². The number of fused-ring (bicyclic) bond motifs is 1. The van der Waals surface area contributed by atoms with E-state index in [1.165, 1.54) is 4.31 Å². The lowest BCUT2D eigenvalue weighted by Gasteiger charge is -2.30. The summed E-state index contributed by atoms with van der Waals surface area (Å²) in [5.74, 6) is -4.00. The highest BCUT2D eigenvalue weighted by atomic mass is 79.9. The van der Waals surface area contributed by atoms with Gasteiger partial charge >= 0.3 is 0 Å². The standard InChI is InChI=1S/C22H16BrF3N2O3S/c23-17-10-14(24)11-19(26)21(17)27-22(29)16-12-15(7-8-18(16)25)32(30,31)28-9-3-5-13-4-1-2-6-20(13)28/h1-2,4,6-8,10-12H,3,5,9H2,(H,27,29). The van der Waals surface area contributed by atoms with Gasteiger partial charge in [-0.05, 0) is 64.7 Å². The molecule has 0 aliphatic carbocycles. The second kappa shape index (κ2) is 8.59. The summed E-state index contributed by atoms with van der Waals surface area (Å²) < 4.78 is 69.5. The molecule has 1 aliphatic heterocycles. The summed E-state index contributed by atoms with van der Waals surface area (Å²) in [5, 5.41) is 2.16. The van der Waals surface area contributed by atoms with Crippen LogP contribution in [0.25, 0.3) is 0 Å². The molecule has 0 radical (unpaired) electrons. The van der Waals surface area contributed by atoms with Crippen molar-refractivity contribution < 1.29 is 26.4 Å². The summed E-state index contributed by atoms with van der Waals surface area (Å²) in [6.45, 7) is 0.242. The van der Waals surface area contributed by atoms with Crippen molar-refractivity contribution >= 4 is 43.2 Å². The van der Waals surface area contributed by atoms with Crippen LogP contribution in [0.1, 0.15) is 22.3 Å². The molecular weight excluding hydrogens is 509 g/mol. The van der Waals surface area contributed by atoms with Gasteiger partial charge in [-0.1, -0.05) is 18.2 Å². The number of halogens is 4. The number of rotatable bonds is 4. The minimum absolute atomic E-state index is 0.0857. The van der Waals surface area contributed by atoms with E-state index < -0.39 is 44.6 Å². The summed E-state index contributed by atoms with van der Waals surface area (Å²) in [7, 11) is -4.09. The monoisotopic (exact) mass is 524 g/mol. The third kappa shape index (κ3) is 4.12. The van der Waals surface area contributed by atoms with Gasteiger partial charge in [0, 0.05) is 17.1 Å². The highest BCUT2D eigenvalue weighted by Crippen LogP contribution is 2.33. The van der Waals surface area contributed by atoms with Crippen molar-refractivity contribution in [1.82, 2.24) is 0 Å². The van der Waals surface area contributed by atoms with Gasteiger partial charge in [-0.3, -0.25) is 9.10 Å². The second-order valence-corrected chi connectivity index (χ2v) is 9.87. The molecule has 0 fully saturated rings. The lowest BCUT2D eigenvalue weighted by atomic mass is 10.0. The number of para-hydroxylation sites is 1. The number of hydrogen-bond acceptors (Lipinski definition) is 3. The molecule has 0 saturated heterocycles. The average molecular weight is 525 g/mol. The van der Waals surface area contributed by atoms with Crippen LogP contribution in [-0.4, -0.2) is 20.9 Å². The van der Waals surface area contributed by atoms with E-state index in [0.717, 1.165) is 36.2 Å². The van der Waals surface area contributed by atoms with Crippen LogP contribution in [0.4, 0.5) is 24.5 Å². The molecule has 4 rings (SSSR count). The Morgan fingerprint density at radius 3 is 2.50 bits per heavy atom. The van der Waals surface area contributed by atoms with Gasteiger partial charge in [0.2, 0.25) is 0 Å². The Morgan fingerprint density at radius 1 is 1.00 bits per heavy atom. The highest BCUT2D eigenvalue weighted by Gasteiger charge is 2.30. The van der Waals surface area contributed by atoms with E-state index in [0.29, 0.717) is 18.2 Å². The smallest absolute Gasteiger partial charge is 0.264 e. The van der Waals surface area contributed by atoms with Crippen LogP contribution in [0.3, 0.4) is 0 Å². The molecule has 3 aromatic rings. The fraction of sp³-hybridized carbons (Fsp3) is 0.136. The van der Waals surface area contributed by atoms with E-state index in [1.54, 1.807) is 12.1 Å². The number of sulfonamides is 1. The number of amides is 1. The number of carbonyl (C=O) groups excluding carboxylic acids is 1. The van der Waals surface area contributed by atoms with Crippen LogP contribution in [0.5, 0.6) is 0 Å². The molecule has 3 aromatic carbocycles. The lowest BCUT2D eigenvalue weighted by molar-refractivity contribution is 0.102. The Balaban J connectivity index is 1.70. The molecule has 0 atom stereocenters. The third-order valence-electron chi connectivity index (χ3n) is 5.08. The number of hydrogen-bond donors (Lipinski definition) is 1. The van der Waals surface area contributed by atoms with Crippen molar-refractivity contribution in [2.75, 3.05) is 16.2 Å². The predicted molar refractivity (Wildman–Crippen MR) is 118 cm³/mol. The summed E-state index contributed by atoms with van der Waals surface area (Å²) >= 11 is 2.94. The first-order valence-corrected chi connectivity index (χ1v) is 11.8. The number of carbonyl (C=O) groups is 1.